The Morgan fingerprint density at radius 2 is 1.77 bits per heavy atom. The summed E-state index contributed by atoms with van der Waals surface area (Å²) in [6.07, 6.45) is 0.404. The number of amides is 1. The molecule has 0 spiro atoms. The number of hydrogen-bond acceptors (Lipinski definition) is 4. The quantitative estimate of drug-likeness (QED) is 0.735. The normalized spacial score (nSPS) is 19.8. The summed E-state index contributed by atoms with van der Waals surface area (Å²) in [6.45, 7) is 13.7. The van der Waals surface area contributed by atoms with Crippen molar-refractivity contribution in [2.45, 2.75) is 66.1 Å². The summed E-state index contributed by atoms with van der Waals surface area (Å²) in [7, 11) is 1.59. The van der Waals surface area contributed by atoms with Crippen LogP contribution in [0.4, 0.5) is 5.69 Å². The number of fused-ring (bicyclic) bond motifs is 1. The molecule has 1 amide bonds. The summed E-state index contributed by atoms with van der Waals surface area (Å²) in [4.78, 5) is 12.6. The van der Waals surface area contributed by atoms with Crippen LogP contribution in [0.2, 0.25) is 0 Å². The van der Waals surface area contributed by atoms with Gasteiger partial charge in [0.1, 0.15) is 17.1 Å². The van der Waals surface area contributed by atoms with E-state index in [0.29, 0.717) is 34.7 Å². The number of hydrogen-bond donors (Lipinski definition) is 2. The molecule has 5 heteroatoms. The Hall–Kier alpha value is -2.53. The second-order valence-corrected chi connectivity index (χ2v) is 9.86. The van der Waals surface area contributed by atoms with Crippen LogP contribution in [0.3, 0.4) is 0 Å². The smallest absolute Gasteiger partial charge is 0.224 e. The number of nitrogens with one attached hydrogen (secondary N) is 1. The topological polar surface area (TPSA) is 67.8 Å². The summed E-state index contributed by atoms with van der Waals surface area (Å²) < 4.78 is 11.8. The highest BCUT2D eigenvalue weighted by Crippen LogP contribution is 2.55. The zero-order valence-electron chi connectivity index (χ0n) is 19.3. The minimum Gasteiger partial charge on any atom is -0.496 e. The van der Waals surface area contributed by atoms with Crippen molar-refractivity contribution in [3.8, 4) is 11.5 Å². The number of carbonyl (C=O) groups is 1. The highest BCUT2D eigenvalue weighted by atomic mass is 16.5. The Kier molecular flexibility index (Phi) is 5.40. The van der Waals surface area contributed by atoms with Crippen molar-refractivity contribution in [3.63, 3.8) is 0 Å². The lowest BCUT2D eigenvalue weighted by atomic mass is 9.75. The lowest BCUT2D eigenvalue weighted by Crippen LogP contribution is -2.47. The summed E-state index contributed by atoms with van der Waals surface area (Å²) in [5, 5.41) is 15.1. The van der Waals surface area contributed by atoms with Crippen LogP contribution < -0.4 is 14.8 Å². The standard InChI is InChI=1S/C25H33NO4/c1-15-16(2)22-18(13-19(15)26-21(27)14-23(3,4)5)25(28,24(6,7)30-22)17-11-9-10-12-20(17)29-8/h9-13,28H,14H2,1-8H3,(H,26,27). The Balaban J connectivity index is 2.18. The van der Waals surface area contributed by atoms with Crippen LogP contribution in [0.25, 0.3) is 0 Å². The van der Waals surface area contributed by atoms with Gasteiger partial charge in [0.25, 0.3) is 0 Å². The lowest BCUT2D eigenvalue weighted by Gasteiger charge is -2.36. The first kappa shape index (κ1) is 22.2. The van der Waals surface area contributed by atoms with Crippen molar-refractivity contribution in [2.24, 2.45) is 5.41 Å². The molecular formula is C25H33NO4. The number of benzene rings is 2. The van der Waals surface area contributed by atoms with Gasteiger partial charge < -0.3 is 19.9 Å². The van der Waals surface area contributed by atoms with Gasteiger partial charge in [-0.1, -0.05) is 39.0 Å². The molecule has 0 saturated carbocycles. The molecule has 0 aromatic heterocycles. The maximum atomic E-state index is 12.6. The maximum absolute atomic E-state index is 12.6. The maximum Gasteiger partial charge on any atom is 0.224 e. The van der Waals surface area contributed by atoms with E-state index < -0.39 is 11.2 Å². The van der Waals surface area contributed by atoms with E-state index in [9.17, 15) is 9.90 Å². The first-order valence-corrected chi connectivity index (χ1v) is 10.3. The summed E-state index contributed by atoms with van der Waals surface area (Å²) in [5.41, 5.74) is 1.28. The van der Waals surface area contributed by atoms with Crippen LogP contribution in [0, 0.1) is 19.3 Å². The van der Waals surface area contributed by atoms with Crippen LogP contribution in [0.15, 0.2) is 30.3 Å². The van der Waals surface area contributed by atoms with Crippen LogP contribution in [-0.4, -0.2) is 23.7 Å². The summed E-state index contributed by atoms with van der Waals surface area (Å²) in [5.74, 6) is 1.18. The summed E-state index contributed by atoms with van der Waals surface area (Å²) >= 11 is 0. The van der Waals surface area contributed by atoms with Gasteiger partial charge in [-0.25, -0.2) is 0 Å². The number of rotatable bonds is 4. The van der Waals surface area contributed by atoms with E-state index in [1.54, 1.807) is 7.11 Å². The molecule has 0 fully saturated rings. The van der Waals surface area contributed by atoms with Crippen molar-refractivity contribution >= 4 is 11.6 Å². The Morgan fingerprint density at radius 3 is 2.37 bits per heavy atom. The average molecular weight is 412 g/mol. The van der Waals surface area contributed by atoms with E-state index in [0.717, 1.165) is 11.1 Å². The largest absolute Gasteiger partial charge is 0.496 e. The number of aliphatic hydroxyl groups is 1. The molecule has 5 nitrogen and oxygen atoms in total. The highest BCUT2D eigenvalue weighted by molar-refractivity contribution is 5.92. The van der Waals surface area contributed by atoms with Crippen LogP contribution in [-0.2, 0) is 10.4 Å². The van der Waals surface area contributed by atoms with Crippen molar-refractivity contribution in [1.29, 1.82) is 0 Å². The van der Waals surface area contributed by atoms with Gasteiger partial charge >= 0.3 is 0 Å². The number of carbonyl (C=O) groups excluding carboxylic acids is 1. The third-order valence-electron chi connectivity index (χ3n) is 5.92. The van der Waals surface area contributed by atoms with Crippen LogP contribution in [0.5, 0.6) is 11.5 Å². The second kappa shape index (κ2) is 7.31. The molecule has 1 aliphatic heterocycles. The van der Waals surface area contributed by atoms with Gasteiger partial charge in [-0.15, -0.1) is 0 Å². The predicted molar refractivity (Wildman–Crippen MR) is 119 cm³/mol. The highest BCUT2D eigenvalue weighted by Gasteiger charge is 2.57. The molecule has 162 valence electrons. The zero-order valence-corrected chi connectivity index (χ0v) is 19.3. The van der Waals surface area contributed by atoms with E-state index in [4.69, 9.17) is 9.47 Å². The fourth-order valence-corrected chi connectivity index (χ4v) is 4.16. The molecule has 0 saturated heterocycles. The predicted octanol–water partition coefficient (Wildman–Crippen LogP) is 5.09. The molecule has 1 atom stereocenters. The number of methoxy groups -OCH3 is 1. The van der Waals surface area contributed by atoms with E-state index in [1.165, 1.54) is 0 Å². The number of ether oxygens (including phenoxy) is 2. The molecule has 0 aliphatic carbocycles. The fraction of sp³-hybridized carbons (Fsp3) is 0.480. The molecule has 0 radical (unpaired) electrons. The van der Waals surface area contributed by atoms with Gasteiger partial charge in [-0.05, 0) is 56.4 Å². The van der Waals surface area contributed by atoms with Crippen LogP contribution >= 0.6 is 0 Å². The molecule has 1 heterocycles. The van der Waals surface area contributed by atoms with E-state index in [1.807, 2.05) is 78.8 Å². The second-order valence-electron chi connectivity index (χ2n) is 9.86. The van der Waals surface area contributed by atoms with Gasteiger partial charge in [-0.2, -0.15) is 0 Å². The van der Waals surface area contributed by atoms with E-state index >= 15 is 0 Å². The first-order chi connectivity index (χ1) is 13.8. The molecule has 3 rings (SSSR count). The van der Waals surface area contributed by atoms with Gasteiger partial charge in [0, 0.05) is 23.2 Å². The molecule has 2 N–H and O–H groups in total. The van der Waals surface area contributed by atoms with Crippen LogP contribution in [0.1, 0.15) is 63.3 Å². The number of anilines is 1. The van der Waals surface area contributed by atoms with Crippen molar-refractivity contribution in [3.05, 3.63) is 52.6 Å². The third kappa shape index (κ3) is 3.56. The first-order valence-electron chi connectivity index (χ1n) is 10.3. The Morgan fingerprint density at radius 1 is 1.13 bits per heavy atom. The van der Waals surface area contributed by atoms with Gasteiger partial charge in [0.15, 0.2) is 5.60 Å². The Bertz CT molecular complexity index is 987. The Labute approximate surface area is 179 Å². The minimum atomic E-state index is -1.45. The molecular weight excluding hydrogens is 378 g/mol. The monoisotopic (exact) mass is 411 g/mol. The molecule has 2 aromatic carbocycles. The van der Waals surface area contributed by atoms with Crippen molar-refractivity contribution < 1.29 is 19.4 Å². The van der Waals surface area contributed by atoms with Gasteiger partial charge in [0.2, 0.25) is 5.91 Å². The summed E-state index contributed by atoms with van der Waals surface area (Å²) in [6, 6.07) is 9.27. The van der Waals surface area contributed by atoms with E-state index in [2.05, 4.69) is 5.32 Å². The third-order valence-corrected chi connectivity index (χ3v) is 5.92. The lowest BCUT2D eigenvalue weighted by molar-refractivity contribution is -0.117. The molecule has 1 unspecified atom stereocenters. The molecule has 30 heavy (non-hydrogen) atoms. The van der Waals surface area contributed by atoms with Gasteiger partial charge in [-0.3, -0.25) is 4.79 Å². The number of para-hydroxylation sites is 1. The van der Waals surface area contributed by atoms with E-state index in [-0.39, 0.29) is 11.3 Å². The molecule has 0 bridgehead atoms. The van der Waals surface area contributed by atoms with Gasteiger partial charge in [0.05, 0.1) is 7.11 Å². The average Bonchev–Trinajstić information content (AvgIpc) is 2.85. The zero-order chi connectivity index (χ0) is 22.5. The fourth-order valence-electron chi connectivity index (χ4n) is 4.16. The molecule has 1 aliphatic rings. The molecule has 2 aromatic rings. The van der Waals surface area contributed by atoms with Crippen molar-refractivity contribution in [1.82, 2.24) is 0 Å². The van der Waals surface area contributed by atoms with Crippen molar-refractivity contribution in [2.75, 3.05) is 12.4 Å². The SMILES string of the molecule is COc1ccccc1C1(O)c2cc(NC(=O)CC(C)(C)C)c(C)c(C)c2OC1(C)C. The minimum absolute atomic E-state index is 0.0519.